The van der Waals surface area contributed by atoms with E-state index in [9.17, 15) is 0 Å². The lowest BCUT2D eigenvalue weighted by Gasteiger charge is -2.32. The van der Waals surface area contributed by atoms with Crippen LogP contribution in [0.25, 0.3) is 0 Å². The fourth-order valence-electron chi connectivity index (χ4n) is 1.46. The van der Waals surface area contributed by atoms with Crippen LogP contribution in [0.5, 0.6) is 0 Å². The molecular formula is C11H18BNO2. The highest BCUT2D eigenvalue weighted by Gasteiger charge is 2.50. The summed E-state index contributed by atoms with van der Waals surface area (Å²) >= 11 is 0. The molecule has 1 heterocycles. The Balaban J connectivity index is 2.69. The van der Waals surface area contributed by atoms with Crippen LogP contribution in [0.3, 0.4) is 0 Å². The molecule has 0 aromatic carbocycles. The molecule has 1 fully saturated rings. The van der Waals surface area contributed by atoms with Crippen molar-refractivity contribution >= 4 is 7.12 Å². The van der Waals surface area contributed by atoms with Crippen LogP contribution in [-0.2, 0) is 9.31 Å². The van der Waals surface area contributed by atoms with Crippen molar-refractivity contribution in [3.8, 4) is 6.07 Å². The van der Waals surface area contributed by atoms with Crippen molar-refractivity contribution in [2.75, 3.05) is 0 Å². The lowest BCUT2D eigenvalue weighted by Crippen LogP contribution is -2.41. The van der Waals surface area contributed by atoms with Crippen molar-refractivity contribution in [1.82, 2.24) is 0 Å². The quantitative estimate of drug-likeness (QED) is 0.516. The van der Waals surface area contributed by atoms with Crippen LogP contribution in [0.15, 0.2) is 11.6 Å². The van der Waals surface area contributed by atoms with E-state index in [1.807, 2.05) is 34.6 Å². The molecule has 1 aliphatic rings. The number of allylic oxidation sites excluding steroid dienone is 2. The summed E-state index contributed by atoms with van der Waals surface area (Å²) < 4.78 is 11.6. The van der Waals surface area contributed by atoms with Gasteiger partial charge in [-0.2, -0.15) is 5.26 Å². The van der Waals surface area contributed by atoms with Crippen molar-refractivity contribution in [2.45, 2.75) is 52.1 Å². The second kappa shape index (κ2) is 4.00. The zero-order chi connectivity index (χ0) is 11.7. The minimum absolute atomic E-state index is 0.305. The summed E-state index contributed by atoms with van der Waals surface area (Å²) in [5, 5.41) is 8.82. The summed E-state index contributed by atoms with van der Waals surface area (Å²) in [5.74, 6) is 0. The molecule has 82 valence electrons. The fraction of sp³-hybridized carbons (Fsp3) is 0.727. The third kappa shape index (κ3) is 2.42. The molecule has 3 nitrogen and oxygen atoms in total. The minimum Gasteiger partial charge on any atom is -0.403 e. The van der Waals surface area contributed by atoms with E-state index >= 15 is 0 Å². The van der Waals surface area contributed by atoms with Crippen LogP contribution in [0.2, 0.25) is 6.32 Å². The van der Waals surface area contributed by atoms with Gasteiger partial charge in [0.05, 0.1) is 17.3 Å². The summed E-state index contributed by atoms with van der Waals surface area (Å²) in [6.07, 6.45) is 2.32. The average Bonchev–Trinajstić information content (AvgIpc) is 2.31. The first-order valence-electron chi connectivity index (χ1n) is 5.23. The van der Waals surface area contributed by atoms with Gasteiger partial charge in [-0.05, 0) is 34.6 Å². The summed E-state index contributed by atoms with van der Waals surface area (Å²) in [5.41, 5.74) is 0.0753. The van der Waals surface area contributed by atoms with E-state index in [0.717, 1.165) is 0 Å². The number of hydrogen-bond acceptors (Lipinski definition) is 3. The predicted molar refractivity (Wildman–Crippen MR) is 60.3 cm³/mol. The van der Waals surface area contributed by atoms with E-state index in [2.05, 4.69) is 6.07 Å². The van der Waals surface area contributed by atoms with Gasteiger partial charge in [0.15, 0.2) is 0 Å². The summed E-state index contributed by atoms with van der Waals surface area (Å²) in [6.45, 7) is 9.89. The standard InChI is InChI=1S/C11H18BNO2/c1-6-9(8-13)7-12-14-10(2,3)11(4,5)15-12/h6H,7H2,1-5H3/b9-6-. The molecule has 0 radical (unpaired) electrons. The van der Waals surface area contributed by atoms with Crippen molar-refractivity contribution in [1.29, 1.82) is 5.26 Å². The molecule has 0 saturated carbocycles. The molecule has 0 spiro atoms. The van der Waals surface area contributed by atoms with Gasteiger partial charge < -0.3 is 9.31 Å². The second-order valence-electron chi connectivity index (χ2n) is 4.82. The largest absolute Gasteiger partial charge is 0.463 e. The van der Waals surface area contributed by atoms with Crippen molar-refractivity contribution in [2.24, 2.45) is 0 Å². The van der Waals surface area contributed by atoms with Crippen LogP contribution in [0.4, 0.5) is 0 Å². The van der Waals surface area contributed by atoms with Gasteiger partial charge in [0.2, 0.25) is 0 Å². The topological polar surface area (TPSA) is 42.2 Å². The Labute approximate surface area is 92.2 Å². The molecule has 1 aliphatic heterocycles. The molecule has 0 atom stereocenters. The smallest absolute Gasteiger partial charge is 0.403 e. The zero-order valence-corrected chi connectivity index (χ0v) is 10.1. The third-order valence-electron chi connectivity index (χ3n) is 3.18. The SMILES string of the molecule is C/C=C(\C#N)CB1OC(C)(C)C(C)(C)O1. The maximum atomic E-state index is 8.82. The van der Waals surface area contributed by atoms with E-state index in [1.165, 1.54) is 0 Å². The van der Waals surface area contributed by atoms with E-state index in [-0.39, 0.29) is 18.3 Å². The molecule has 0 bridgehead atoms. The molecule has 15 heavy (non-hydrogen) atoms. The number of nitriles is 1. The van der Waals surface area contributed by atoms with Crippen LogP contribution < -0.4 is 0 Å². The highest BCUT2D eigenvalue weighted by Crippen LogP contribution is 2.38. The Morgan fingerprint density at radius 2 is 1.73 bits per heavy atom. The Hall–Kier alpha value is -0.785. The zero-order valence-electron chi connectivity index (χ0n) is 10.1. The summed E-state index contributed by atoms with van der Waals surface area (Å²) in [6, 6.07) is 2.13. The lowest BCUT2D eigenvalue weighted by molar-refractivity contribution is 0.00578. The fourth-order valence-corrected chi connectivity index (χ4v) is 1.46. The van der Waals surface area contributed by atoms with Crippen molar-refractivity contribution < 1.29 is 9.31 Å². The first-order chi connectivity index (χ1) is 6.82. The highest BCUT2D eigenvalue weighted by molar-refractivity contribution is 6.46. The third-order valence-corrected chi connectivity index (χ3v) is 3.18. The second-order valence-corrected chi connectivity index (χ2v) is 4.82. The van der Waals surface area contributed by atoms with Gasteiger partial charge in [-0.1, -0.05) is 6.08 Å². The van der Waals surface area contributed by atoms with Crippen LogP contribution >= 0.6 is 0 Å². The van der Waals surface area contributed by atoms with Crippen molar-refractivity contribution in [3.05, 3.63) is 11.6 Å². The molecule has 1 saturated heterocycles. The monoisotopic (exact) mass is 207 g/mol. The average molecular weight is 207 g/mol. The van der Waals surface area contributed by atoms with Gasteiger partial charge in [-0.25, -0.2) is 0 Å². The number of nitrogens with zero attached hydrogens (tertiary/aromatic N) is 1. The van der Waals surface area contributed by atoms with Gasteiger partial charge >= 0.3 is 7.12 Å². The molecular weight excluding hydrogens is 189 g/mol. The maximum absolute atomic E-state index is 8.82. The number of rotatable bonds is 2. The molecule has 0 amide bonds. The van der Waals surface area contributed by atoms with Crippen molar-refractivity contribution in [3.63, 3.8) is 0 Å². The normalized spacial score (nSPS) is 24.0. The molecule has 0 N–H and O–H groups in total. The molecule has 4 heteroatoms. The van der Waals surface area contributed by atoms with E-state index < -0.39 is 0 Å². The van der Waals surface area contributed by atoms with Gasteiger partial charge in [0.25, 0.3) is 0 Å². The van der Waals surface area contributed by atoms with E-state index in [1.54, 1.807) is 6.08 Å². The summed E-state index contributed by atoms with van der Waals surface area (Å²) in [4.78, 5) is 0. The Bertz CT molecular complexity index is 299. The Morgan fingerprint density at radius 3 is 2.07 bits per heavy atom. The lowest BCUT2D eigenvalue weighted by atomic mass is 9.81. The molecule has 0 unspecified atom stereocenters. The van der Waals surface area contributed by atoms with Gasteiger partial charge in [0.1, 0.15) is 0 Å². The highest BCUT2D eigenvalue weighted by atomic mass is 16.7. The van der Waals surface area contributed by atoms with Crippen LogP contribution in [0, 0.1) is 11.3 Å². The molecule has 0 aliphatic carbocycles. The molecule has 0 aromatic heterocycles. The Morgan fingerprint density at radius 1 is 1.27 bits per heavy atom. The first-order valence-corrected chi connectivity index (χ1v) is 5.23. The van der Waals surface area contributed by atoms with Gasteiger partial charge in [-0.3, -0.25) is 0 Å². The maximum Gasteiger partial charge on any atom is 0.463 e. The van der Waals surface area contributed by atoms with Crippen LogP contribution in [-0.4, -0.2) is 18.3 Å². The van der Waals surface area contributed by atoms with E-state index in [4.69, 9.17) is 14.6 Å². The minimum atomic E-state index is -0.314. The Kier molecular flexibility index (Phi) is 3.27. The van der Waals surface area contributed by atoms with Crippen LogP contribution in [0.1, 0.15) is 34.6 Å². The molecule has 1 rings (SSSR count). The van der Waals surface area contributed by atoms with E-state index in [0.29, 0.717) is 11.9 Å². The number of hydrogen-bond donors (Lipinski definition) is 0. The summed E-state index contributed by atoms with van der Waals surface area (Å²) in [7, 11) is -0.305. The molecule has 0 aromatic rings. The predicted octanol–water partition coefficient (Wildman–Crippen LogP) is 2.55. The van der Waals surface area contributed by atoms with Gasteiger partial charge in [-0.15, -0.1) is 0 Å². The first kappa shape index (κ1) is 12.3. The van der Waals surface area contributed by atoms with Gasteiger partial charge in [0, 0.05) is 11.9 Å².